The van der Waals surface area contributed by atoms with E-state index in [1.807, 2.05) is 6.92 Å². The maximum absolute atomic E-state index is 14.5. The summed E-state index contributed by atoms with van der Waals surface area (Å²) in [6.45, 7) is 2.52. The number of unbranched alkanes of at least 4 members (excludes halogenated alkanes) is 1. The first-order chi connectivity index (χ1) is 16.9. The summed E-state index contributed by atoms with van der Waals surface area (Å²) in [5, 5.41) is 6.54. The molecule has 1 saturated heterocycles. The Morgan fingerprint density at radius 2 is 2.09 bits per heavy atom. The predicted octanol–water partition coefficient (Wildman–Crippen LogP) is 3.30. The summed E-state index contributed by atoms with van der Waals surface area (Å²) in [5.41, 5.74) is 1.26. The van der Waals surface area contributed by atoms with Gasteiger partial charge in [0.1, 0.15) is 17.2 Å². The number of sulfonamides is 1. The SMILES string of the molecule is CCCCS(=O)(=O)N1CC(c2nc(-c3ccc(F)c(NC(=O)c4cnc5ccccn45)c3)no2)C1. The molecule has 4 aromatic rings. The number of hydrogen-bond acceptors (Lipinski definition) is 7. The molecule has 1 amide bonds. The van der Waals surface area contributed by atoms with Gasteiger partial charge < -0.3 is 9.84 Å². The molecule has 0 atom stereocenters. The third-order valence-corrected chi connectivity index (χ3v) is 7.80. The number of pyridine rings is 1. The molecule has 1 aromatic carbocycles. The molecule has 1 aliphatic rings. The molecule has 0 aliphatic carbocycles. The molecule has 4 heterocycles. The van der Waals surface area contributed by atoms with Crippen molar-refractivity contribution in [2.45, 2.75) is 25.7 Å². The molecule has 0 unspecified atom stereocenters. The van der Waals surface area contributed by atoms with Crippen LogP contribution in [0.3, 0.4) is 0 Å². The lowest BCUT2D eigenvalue weighted by Crippen LogP contribution is -2.49. The summed E-state index contributed by atoms with van der Waals surface area (Å²) in [6.07, 6.45) is 4.54. The number of aromatic nitrogens is 4. The van der Waals surface area contributed by atoms with Crippen LogP contribution in [0.1, 0.15) is 42.1 Å². The topological polar surface area (TPSA) is 123 Å². The highest BCUT2D eigenvalue weighted by Gasteiger charge is 2.39. The van der Waals surface area contributed by atoms with E-state index in [2.05, 4.69) is 20.4 Å². The molecular formula is C23H23FN6O4S. The zero-order valence-electron chi connectivity index (χ0n) is 18.9. The van der Waals surface area contributed by atoms with E-state index in [-0.39, 0.29) is 42.0 Å². The van der Waals surface area contributed by atoms with Crippen molar-refractivity contribution >= 4 is 27.3 Å². The van der Waals surface area contributed by atoms with Crippen LogP contribution in [0.2, 0.25) is 0 Å². The monoisotopic (exact) mass is 498 g/mol. The van der Waals surface area contributed by atoms with E-state index in [1.54, 1.807) is 28.8 Å². The zero-order valence-corrected chi connectivity index (χ0v) is 19.7. The maximum Gasteiger partial charge on any atom is 0.274 e. The number of carbonyl (C=O) groups is 1. The Balaban J connectivity index is 1.30. The van der Waals surface area contributed by atoms with Gasteiger partial charge in [0, 0.05) is 24.8 Å². The highest BCUT2D eigenvalue weighted by Crippen LogP contribution is 2.31. The third kappa shape index (κ3) is 4.54. The van der Waals surface area contributed by atoms with Gasteiger partial charge in [0.25, 0.3) is 5.91 Å². The summed E-state index contributed by atoms with van der Waals surface area (Å²) in [5.74, 6) is -0.661. The van der Waals surface area contributed by atoms with Crippen LogP contribution in [0.15, 0.2) is 53.3 Å². The third-order valence-electron chi connectivity index (χ3n) is 5.91. The Morgan fingerprint density at radius 3 is 2.89 bits per heavy atom. The van der Waals surface area contributed by atoms with Gasteiger partial charge >= 0.3 is 0 Å². The van der Waals surface area contributed by atoms with Gasteiger partial charge in [-0.05, 0) is 36.8 Å². The van der Waals surface area contributed by atoms with Crippen molar-refractivity contribution in [3.63, 3.8) is 0 Å². The molecule has 0 saturated carbocycles. The van der Waals surface area contributed by atoms with Gasteiger partial charge in [0.05, 0.1) is 23.6 Å². The first-order valence-corrected chi connectivity index (χ1v) is 12.8. The van der Waals surface area contributed by atoms with Crippen molar-refractivity contribution in [3.8, 4) is 11.4 Å². The minimum absolute atomic E-state index is 0.0402. The lowest BCUT2D eigenvalue weighted by Gasteiger charge is -2.35. The predicted molar refractivity (Wildman–Crippen MR) is 126 cm³/mol. The smallest absolute Gasteiger partial charge is 0.274 e. The average Bonchev–Trinajstić information content (AvgIpc) is 3.46. The molecular weight excluding hydrogens is 475 g/mol. The lowest BCUT2D eigenvalue weighted by atomic mass is 10.0. The van der Waals surface area contributed by atoms with Crippen LogP contribution in [-0.4, -0.2) is 57.0 Å². The van der Waals surface area contributed by atoms with Gasteiger partial charge in [0.15, 0.2) is 0 Å². The van der Waals surface area contributed by atoms with Crippen LogP contribution in [0.4, 0.5) is 10.1 Å². The lowest BCUT2D eigenvalue weighted by molar-refractivity contribution is 0.102. The van der Waals surface area contributed by atoms with Crippen LogP contribution in [0.25, 0.3) is 17.0 Å². The minimum Gasteiger partial charge on any atom is -0.339 e. The van der Waals surface area contributed by atoms with Gasteiger partial charge in [-0.15, -0.1) is 0 Å². The fraction of sp³-hybridized carbons (Fsp3) is 0.304. The normalized spacial score (nSPS) is 14.8. The van der Waals surface area contributed by atoms with Crippen molar-refractivity contribution < 1.29 is 22.1 Å². The number of nitrogens with zero attached hydrogens (tertiary/aromatic N) is 5. The standard InChI is InChI=1S/C23H23FN6O4S/c1-2-3-10-35(32,33)29-13-16(14-29)23-27-21(28-34-23)15-7-8-17(24)18(11-15)26-22(31)19-12-25-20-6-4-5-9-30(19)20/h4-9,11-12,16H,2-3,10,13-14H2,1H3,(H,26,31). The van der Waals surface area contributed by atoms with E-state index in [4.69, 9.17) is 4.52 Å². The van der Waals surface area contributed by atoms with Crippen LogP contribution in [0.5, 0.6) is 0 Å². The highest BCUT2D eigenvalue weighted by molar-refractivity contribution is 7.89. The molecule has 0 bridgehead atoms. The van der Waals surface area contributed by atoms with Gasteiger partial charge in [-0.1, -0.05) is 24.6 Å². The van der Waals surface area contributed by atoms with E-state index >= 15 is 0 Å². The zero-order chi connectivity index (χ0) is 24.6. The summed E-state index contributed by atoms with van der Waals surface area (Å²) >= 11 is 0. The number of amides is 1. The number of anilines is 1. The largest absolute Gasteiger partial charge is 0.339 e. The first-order valence-electron chi connectivity index (χ1n) is 11.2. The van der Waals surface area contributed by atoms with Crippen LogP contribution in [-0.2, 0) is 10.0 Å². The first kappa shape index (κ1) is 23.1. The van der Waals surface area contributed by atoms with E-state index in [0.717, 1.165) is 6.42 Å². The highest BCUT2D eigenvalue weighted by atomic mass is 32.2. The Bertz CT molecular complexity index is 1490. The van der Waals surface area contributed by atoms with Crippen molar-refractivity contribution in [1.29, 1.82) is 0 Å². The number of halogens is 1. The number of fused-ring (bicyclic) bond motifs is 1. The van der Waals surface area contributed by atoms with E-state index < -0.39 is 21.7 Å². The van der Waals surface area contributed by atoms with Gasteiger partial charge in [-0.25, -0.2) is 22.1 Å². The number of imidazole rings is 1. The number of hydrogen-bond donors (Lipinski definition) is 1. The van der Waals surface area contributed by atoms with E-state index in [1.165, 1.54) is 28.7 Å². The molecule has 5 rings (SSSR count). The second-order valence-corrected chi connectivity index (χ2v) is 10.4. The van der Waals surface area contributed by atoms with Crippen LogP contribution in [0, 0.1) is 5.82 Å². The Hall–Kier alpha value is -3.64. The number of nitrogens with one attached hydrogen (secondary N) is 1. The average molecular weight is 499 g/mol. The molecule has 1 fully saturated rings. The molecule has 1 aliphatic heterocycles. The van der Waals surface area contributed by atoms with E-state index in [9.17, 15) is 17.6 Å². The van der Waals surface area contributed by atoms with Gasteiger partial charge in [-0.2, -0.15) is 4.98 Å². The molecule has 10 nitrogen and oxygen atoms in total. The van der Waals surface area contributed by atoms with Crippen molar-refractivity contribution in [1.82, 2.24) is 23.8 Å². The fourth-order valence-corrected chi connectivity index (χ4v) is 5.57. The molecule has 0 radical (unpaired) electrons. The van der Waals surface area contributed by atoms with Gasteiger partial charge in [-0.3, -0.25) is 9.20 Å². The Kier molecular flexibility index (Phi) is 6.07. The number of rotatable bonds is 8. The van der Waals surface area contributed by atoms with Crippen molar-refractivity contribution in [2.75, 3.05) is 24.2 Å². The summed E-state index contributed by atoms with van der Waals surface area (Å²) < 4.78 is 47.4. The van der Waals surface area contributed by atoms with Crippen molar-refractivity contribution in [3.05, 3.63) is 66.2 Å². The Morgan fingerprint density at radius 1 is 1.26 bits per heavy atom. The number of benzene rings is 1. The quantitative estimate of drug-likeness (QED) is 0.395. The van der Waals surface area contributed by atoms with Crippen molar-refractivity contribution in [2.24, 2.45) is 0 Å². The molecule has 35 heavy (non-hydrogen) atoms. The molecule has 0 spiro atoms. The van der Waals surface area contributed by atoms with Crippen LogP contribution >= 0.6 is 0 Å². The number of carbonyl (C=O) groups excluding carboxylic acids is 1. The van der Waals surface area contributed by atoms with E-state index in [0.29, 0.717) is 23.5 Å². The Labute approximate surface area is 200 Å². The molecule has 1 N–H and O–H groups in total. The summed E-state index contributed by atoms with van der Waals surface area (Å²) in [4.78, 5) is 21.3. The summed E-state index contributed by atoms with van der Waals surface area (Å²) in [6, 6.07) is 9.44. The summed E-state index contributed by atoms with van der Waals surface area (Å²) in [7, 11) is -3.27. The fourth-order valence-electron chi connectivity index (χ4n) is 3.84. The second kappa shape index (κ2) is 9.19. The molecule has 12 heteroatoms. The molecule has 3 aromatic heterocycles. The second-order valence-electron chi connectivity index (χ2n) is 8.36. The minimum atomic E-state index is -3.27. The van der Waals surface area contributed by atoms with Gasteiger partial charge in [0.2, 0.25) is 21.7 Å². The van der Waals surface area contributed by atoms with Crippen LogP contribution < -0.4 is 5.32 Å². The maximum atomic E-state index is 14.5. The molecule has 182 valence electrons.